The van der Waals surface area contributed by atoms with E-state index in [4.69, 9.17) is 4.74 Å². The first-order chi connectivity index (χ1) is 8.00. The van der Waals surface area contributed by atoms with Crippen molar-refractivity contribution >= 4 is 0 Å². The molecule has 3 nitrogen and oxygen atoms in total. The number of nitrogens with zero attached hydrogens (tertiary/aromatic N) is 1. The molecule has 102 valence electrons. The maximum atomic E-state index is 5.67. The Hall–Kier alpha value is -0.120. The van der Waals surface area contributed by atoms with Crippen LogP contribution in [-0.2, 0) is 4.74 Å². The van der Waals surface area contributed by atoms with Gasteiger partial charge < -0.3 is 10.1 Å². The fourth-order valence-corrected chi connectivity index (χ4v) is 2.50. The molecule has 0 aliphatic carbocycles. The van der Waals surface area contributed by atoms with E-state index in [1.54, 1.807) is 0 Å². The number of hydrogen-bond donors (Lipinski definition) is 1. The van der Waals surface area contributed by atoms with E-state index in [1.807, 2.05) is 0 Å². The van der Waals surface area contributed by atoms with Crippen molar-refractivity contribution in [3.8, 4) is 0 Å². The Morgan fingerprint density at radius 1 is 1.29 bits per heavy atom. The monoisotopic (exact) mass is 242 g/mol. The van der Waals surface area contributed by atoms with Crippen LogP contribution in [0.15, 0.2) is 0 Å². The standard InChI is InChI=1S/C14H30N2O/c1-11(2)15-8-6-7-12(3)16-9-14(5)17-10-13(16)4/h11-15H,6-10H2,1-5H3. The Labute approximate surface area is 107 Å². The average molecular weight is 242 g/mol. The van der Waals surface area contributed by atoms with E-state index in [-0.39, 0.29) is 0 Å². The molecule has 1 aliphatic heterocycles. The van der Waals surface area contributed by atoms with Crippen molar-refractivity contribution in [2.24, 2.45) is 0 Å². The van der Waals surface area contributed by atoms with E-state index >= 15 is 0 Å². The van der Waals surface area contributed by atoms with Crippen LogP contribution in [0.4, 0.5) is 0 Å². The van der Waals surface area contributed by atoms with E-state index in [1.165, 1.54) is 12.8 Å². The molecule has 17 heavy (non-hydrogen) atoms. The van der Waals surface area contributed by atoms with Crippen molar-refractivity contribution in [1.82, 2.24) is 10.2 Å². The summed E-state index contributed by atoms with van der Waals surface area (Å²) in [4.78, 5) is 2.60. The lowest BCUT2D eigenvalue weighted by molar-refractivity contribution is -0.0645. The van der Waals surface area contributed by atoms with Crippen LogP contribution in [0.5, 0.6) is 0 Å². The highest BCUT2D eigenvalue weighted by atomic mass is 16.5. The predicted octanol–water partition coefficient (Wildman–Crippen LogP) is 2.26. The molecule has 0 amide bonds. The third-order valence-corrected chi connectivity index (χ3v) is 3.57. The summed E-state index contributed by atoms with van der Waals surface area (Å²) in [6.07, 6.45) is 2.93. The van der Waals surface area contributed by atoms with Gasteiger partial charge in [0.15, 0.2) is 0 Å². The fraction of sp³-hybridized carbons (Fsp3) is 1.00. The van der Waals surface area contributed by atoms with Gasteiger partial charge in [-0.15, -0.1) is 0 Å². The van der Waals surface area contributed by atoms with Crippen molar-refractivity contribution in [1.29, 1.82) is 0 Å². The summed E-state index contributed by atoms with van der Waals surface area (Å²) in [6, 6.07) is 1.84. The molecule has 1 fully saturated rings. The Balaban J connectivity index is 2.23. The molecule has 0 saturated carbocycles. The Kier molecular flexibility index (Phi) is 6.45. The zero-order valence-corrected chi connectivity index (χ0v) is 12.2. The van der Waals surface area contributed by atoms with Gasteiger partial charge in [0, 0.05) is 24.7 Å². The van der Waals surface area contributed by atoms with Gasteiger partial charge in [-0.3, -0.25) is 4.90 Å². The van der Waals surface area contributed by atoms with E-state index in [2.05, 4.69) is 44.8 Å². The van der Waals surface area contributed by atoms with E-state index in [0.29, 0.717) is 24.2 Å². The van der Waals surface area contributed by atoms with Gasteiger partial charge in [-0.2, -0.15) is 0 Å². The molecule has 0 radical (unpaired) electrons. The lowest BCUT2D eigenvalue weighted by atomic mass is 10.1. The number of nitrogens with one attached hydrogen (secondary N) is 1. The van der Waals surface area contributed by atoms with Crippen LogP contribution in [0.1, 0.15) is 47.5 Å². The maximum absolute atomic E-state index is 5.67. The fourth-order valence-electron chi connectivity index (χ4n) is 2.50. The molecule has 1 rings (SSSR count). The van der Waals surface area contributed by atoms with E-state index < -0.39 is 0 Å². The molecular weight excluding hydrogens is 212 g/mol. The van der Waals surface area contributed by atoms with E-state index in [0.717, 1.165) is 19.7 Å². The predicted molar refractivity (Wildman–Crippen MR) is 73.4 cm³/mol. The normalized spacial score (nSPS) is 28.6. The van der Waals surface area contributed by atoms with E-state index in [9.17, 15) is 0 Å². The van der Waals surface area contributed by atoms with Gasteiger partial charge >= 0.3 is 0 Å². The van der Waals surface area contributed by atoms with Gasteiger partial charge in [0.2, 0.25) is 0 Å². The molecule has 1 N–H and O–H groups in total. The van der Waals surface area contributed by atoms with Crippen molar-refractivity contribution in [3.63, 3.8) is 0 Å². The number of morpholine rings is 1. The third kappa shape index (κ3) is 5.36. The quantitative estimate of drug-likeness (QED) is 0.723. The molecule has 1 saturated heterocycles. The molecule has 0 spiro atoms. The highest BCUT2D eigenvalue weighted by Crippen LogP contribution is 2.17. The first-order valence-corrected chi connectivity index (χ1v) is 7.11. The third-order valence-electron chi connectivity index (χ3n) is 3.57. The maximum Gasteiger partial charge on any atom is 0.0674 e. The van der Waals surface area contributed by atoms with Crippen LogP contribution in [-0.4, -0.2) is 48.8 Å². The minimum absolute atomic E-state index is 0.391. The van der Waals surface area contributed by atoms with Crippen molar-refractivity contribution in [3.05, 3.63) is 0 Å². The summed E-state index contributed by atoms with van der Waals surface area (Å²) >= 11 is 0. The lowest BCUT2D eigenvalue weighted by Crippen LogP contribution is -2.51. The molecule has 0 aromatic carbocycles. The van der Waals surface area contributed by atoms with Gasteiger partial charge in [0.25, 0.3) is 0 Å². The molecule has 0 aromatic heterocycles. The highest BCUT2D eigenvalue weighted by Gasteiger charge is 2.26. The highest BCUT2D eigenvalue weighted by molar-refractivity contribution is 4.79. The molecule has 3 heteroatoms. The van der Waals surface area contributed by atoms with Gasteiger partial charge in [-0.1, -0.05) is 13.8 Å². The first kappa shape index (κ1) is 14.9. The van der Waals surface area contributed by atoms with Gasteiger partial charge in [-0.25, -0.2) is 0 Å². The lowest BCUT2D eigenvalue weighted by Gasteiger charge is -2.40. The summed E-state index contributed by atoms with van der Waals surface area (Å²) < 4.78 is 5.67. The van der Waals surface area contributed by atoms with Crippen molar-refractivity contribution < 1.29 is 4.74 Å². The molecule has 1 heterocycles. The van der Waals surface area contributed by atoms with Gasteiger partial charge in [0.05, 0.1) is 12.7 Å². The topological polar surface area (TPSA) is 24.5 Å². The summed E-state index contributed by atoms with van der Waals surface area (Å²) in [6.45, 7) is 14.3. The number of hydrogen-bond acceptors (Lipinski definition) is 3. The molecule has 0 aromatic rings. The summed E-state index contributed by atoms with van der Waals surface area (Å²) in [5.41, 5.74) is 0. The largest absolute Gasteiger partial charge is 0.376 e. The van der Waals surface area contributed by atoms with Crippen molar-refractivity contribution in [2.45, 2.75) is 71.7 Å². The van der Waals surface area contributed by atoms with Crippen LogP contribution in [0.25, 0.3) is 0 Å². The molecular formula is C14H30N2O. The second-order valence-electron chi connectivity index (χ2n) is 5.79. The van der Waals surface area contributed by atoms with Gasteiger partial charge in [-0.05, 0) is 40.2 Å². The minimum Gasteiger partial charge on any atom is -0.376 e. The minimum atomic E-state index is 0.391. The van der Waals surface area contributed by atoms with Crippen molar-refractivity contribution in [2.75, 3.05) is 19.7 Å². The van der Waals surface area contributed by atoms with Gasteiger partial charge in [0.1, 0.15) is 0 Å². The smallest absolute Gasteiger partial charge is 0.0674 e. The van der Waals surface area contributed by atoms with Crippen LogP contribution >= 0.6 is 0 Å². The van der Waals surface area contributed by atoms with Crippen LogP contribution in [0.2, 0.25) is 0 Å². The molecule has 0 bridgehead atoms. The first-order valence-electron chi connectivity index (χ1n) is 7.11. The Bertz CT molecular complexity index is 208. The second-order valence-corrected chi connectivity index (χ2v) is 5.79. The average Bonchev–Trinajstić information content (AvgIpc) is 2.27. The zero-order chi connectivity index (χ0) is 12.8. The second kappa shape index (κ2) is 7.34. The number of ether oxygens (including phenoxy) is 1. The van der Waals surface area contributed by atoms with Crippen LogP contribution in [0.3, 0.4) is 0 Å². The Morgan fingerprint density at radius 3 is 2.65 bits per heavy atom. The molecule has 3 unspecified atom stereocenters. The summed E-state index contributed by atoms with van der Waals surface area (Å²) in [5.74, 6) is 0. The zero-order valence-electron chi connectivity index (χ0n) is 12.2. The SMILES string of the molecule is CC(C)NCCCC(C)N1CC(C)OCC1C. The Morgan fingerprint density at radius 2 is 2.00 bits per heavy atom. The summed E-state index contributed by atoms with van der Waals surface area (Å²) in [5, 5.41) is 3.48. The molecule has 3 atom stereocenters. The van der Waals surface area contributed by atoms with Crippen LogP contribution < -0.4 is 5.32 Å². The summed E-state index contributed by atoms with van der Waals surface area (Å²) in [7, 11) is 0. The number of rotatable bonds is 6. The van der Waals surface area contributed by atoms with Crippen LogP contribution in [0, 0.1) is 0 Å². The molecule has 1 aliphatic rings.